The lowest BCUT2D eigenvalue weighted by Gasteiger charge is -2.09. The van der Waals surface area contributed by atoms with Crippen LogP contribution in [0.25, 0.3) is 0 Å². The number of esters is 1. The second-order valence-corrected chi connectivity index (χ2v) is 6.83. The van der Waals surface area contributed by atoms with Crippen LogP contribution in [-0.2, 0) is 21.2 Å². The maximum Gasteiger partial charge on any atom is 0.349 e. The Hall–Kier alpha value is -1.86. The molecule has 7 heteroatoms. The highest BCUT2D eigenvalue weighted by molar-refractivity contribution is 7.93. The van der Waals surface area contributed by atoms with Crippen molar-refractivity contribution in [3.05, 3.63) is 46.2 Å². The maximum absolute atomic E-state index is 12.4. The fraction of sp³-hybridized carbons (Fsp3) is 0.214. The summed E-state index contributed by atoms with van der Waals surface area (Å²) in [5.74, 6) is -0.660. The van der Waals surface area contributed by atoms with Gasteiger partial charge in [0.15, 0.2) is 0 Å². The average molecular weight is 325 g/mol. The van der Waals surface area contributed by atoms with Crippen LogP contribution in [0.4, 0.5) is 5.69 Å². The van der Waals surface area contributed by atoms with E-state index in [0.29, 0.717) is 5.69 Å². The smallest absolute Gasteiger partial charge is 0.349 e. The molecule has 21 heavy (non-hydrogen) atoms. The molecule has 1 aromatic carbocycles. The van der Waals surface area contributed by atoms with Gasteiger partial charge in [0.1, 0.15) is 9.77 Å². The molecule has 2 rings (SSSR count). The summed E-state index contributed by atoms with van der Waals surface area (Å²) in [7, 11) is -2.60. The SMILES string of the molecule is CCc1cccc(NS(=O)(=O)c2ccsc2C(=O)OC)c1. The number of anilines is 1. The topological polar surface area (TPSA) is 72.5 Å². The first kappa shape index (κ1) is 15.5. The Morgan fingerprint density at radius 1 is 1.33 bits per heavy atom. The lowest BCUT2D eigenvalue weighted by molar-refractivity contribution is 0.0602. The fourth-order valence-corrected chi connectivity index (χ4v) is 4.20. The van der Waals surface area contributed by atoms with Crippen molar-refractivity contribution in [3.63, 3.8) is 0 Å². The summed E-state index contributed by atoms with van der Waals surface area (Å²) < 4.78 is 31.9. The summed E-state index contributed by atoms with van der Waals surface area (Å²) in [5.41, 5.74) is 1.49. The zero-order chi connectivity index (χ0) is 15.5. The van der Waals surface area contributed by atoms with E-state index in [1.165, 1.54) is 13.2 Å². The first-order valence-electron chi connectivity index (χ1n) is 6.25. The Morgan fingerprint density at radius 3 is 2.76 bits per heavy atom. The highest BCUT2D eigenvalue weighted by atomic mass is 32.2. The standard InChI is InChI=1S/C14H15NO4S2/c1-3-10-5-4-6-11(9-10)15-21(17,18)12-7-8-20-13(12)14(16)19-2/h4-9,15H,3H2,1-2H3. The molecule has 112 valence electrons. The molecule has 1 aromatic heterocycles. The van der Waals surface area contributed by atoms with Gasteiger partial charge in [0.05, 0.1) is 7.11 Å². The first-order valence-corrected chi connectivity index (χ1v) is 8.61. The fourth-order valence-electron chi connectivity index (χ4n) is 1.82. The number of hydrogen-bond acceptors (Lipinski definition) is 5. The molecule has 0 unspecified atom stereocenters. The highest BCUT2D eigenvalue weighted by Crippen LogP contribution is 2.25. The number of hydrogen-bond donors (Lipinski definition) is 1. The van der Waals surface area contributed by atoms with Crippen LogP contribution >= 0.6 is 11.3 Å². The molecule has 1 heterocycles. The van der Waals surface area contributed by atoms with Crippen LogP contribution in [0.1, 0.15) is 22.2 Å². The molecule has 0 aliphatic heterocycles. The van der Waals surface area contributed by atoms with Crippen molar-refractivity contribution < 1.29 is 17.9 Å². The minimum absolute atomic E-state index is 0.0663. The van der Waals surface area contributed by atoms with E-state index < -0.39 is 16.0 Å². The van der Waals surface area contributed by atoms with Gasteiger partial charge in [0, 0.05) is 5.69 Å². The van der Waals surface area contributed by atoms with E-state index in [1.54, 1.807) is 23.6 Å². The molecule has 0 spiro atoms. The summed E-state index contributed by atoms with van der Waals surface area (Å²) in [5, 5.41) is 1.54. The molecule has 0 fully saturated rings. The van der Waals surface area contributed by atoms with Gasteiger partial charge in [-0.1, -0.05) is 19.1 Å². The van der Waals surface area contributed by atoms with Crippen molar-refractivity contribution in [2.24, 2.45) is 0 Å². The van der Waals surface area contributed by atoms with E-state index in [9.17, 15) is 13.2 Å². The number of sulfonamides is 1. The van der Waals surface area contributed by atoms with E-state index in [4.69, 9.17) is 0 Å². The number of rotatable bonds is 5. The minimum Gasteiger partial charge on any atom is -0.465 e. The van der Waals surface area contributed by atoms with E-state index in [1.807, 2.05) is 13.0 Å². The van der Waals surface area contributed by atoms with Crippen molar-refractivity contribution in [2.75, 3.05) is 11.8 Å². The van der Waals surface area contributed by atoms with Crippen LogP contribution in [-0.4, -0.2) is 21.5 Å². The number of thiophene rings is 1. The predicted octanol–water partition coefficient (Wildman–Crippen LogP) is 2.90. The van der Waals surface area contributed by atoms with Crippen LogP contribution in [0.5, 0.6) is 0 Å². The quantitative estimate of drug-likeness (QED) is 0.858. The molecule has 0 saturated heterocycles. The van der Waals surface area contributed by atoms with Gasteiger partial charge in [-0.15, -0.1) is 11.3 Å². The summed E-state index contributed by atoms with van der Waals surface area (Å²) in [6.45, 7) is 1.99. The zero-order valence-corrected chi connectivity index (χ0v) is 13.3. The largest absolute Gasteiger partial charge is 0.465 e. The van der Waals surface area contributed by atoms with Crippen molar-refractivity contribution >= 4 is 33.0 Å². The van der Waals surface area contributed by atoms with Crippen molar-refractivity contribution in [2.45, 2.75) is 18.2 Å². The number of aryl methyl sites for hydroxylation is 1. The molecule has 0 atom stereocenters. The molecule has 0 amide bonds. The Balaban J connectivity index is 2.34. The van der Waals surface area contributed by atoms with Crippen LogP contribution in [0.2, 0.25) is 0 Å². The van der Waals surface area contributed by atoms with Gasteiger partial charge >= 0.3 is 5.97 Å². The molecule has 1 N–H and O–H groups in total. The third-order valence-electron chi connectivity index (χ3n) is 2.88. The van der Waals surface area contributed by atoms with Gasteiger partial charge in [-0.3, -0.25) is 4.72 Å². The lowest BCUT2D eigenvalue weighted by Crippen LogP contribution is -2.15. The van der Waals surface area contributed by atoms with Gasteiger partial charge in [-0.05, 0) is 35.6 Å². The van der Waals surface area contributed by atoms with Crippen LogP contribution in [0.3, 0.4) is 0 Å². The first-order chi connectivity index (χ1) is 9.97. The Kier molecular flexibility index (Phi) is 4.64. The van der Waals surface area contributed by atoms with E-state index in [0.717, 1.165) is 23.3 Å². The number of carbonyl (C=O) groups excluding carboxylic acids is 1. The van der Waals surface area contributed by atoms with Gasteiger partial charge in [0.25, 0.3) is 10.0 Å². The molecule has 5 nitrogen and oxygen atoms in total. The van der Waals surface area contributed by atoms with Crippen molar-refractivity contribution in [3.8, 4) is 0 Å². The molecule has 0 saturated carbocycles. The zero-order valence-electron chi connectivity index (χ0n) is 11.6. The second-order valence-electron chi connectivity index (χ2n) is 4.26. The number of benzene rings is 1. The molecule has 0 aliphatic carbocycles. The summed E-state index contributed by atoms with van der Waals surface area (Å²) in [6.07, 6.45) is 0.807. The summed E-state index contributed by atoms with van der Waals surface area (Å²) in [4.78, 5) is 11.6. The highest BCUT2D eigenvalue weighted by Gasteiger charge is 2.24. The second kappa shape index (κ2) is 6.28. The third kappa shape index (κ3) is 3.43. The average Bonchev–Trinajstić information content (AvgIpc) is 2.96. The number of ether oxygens (including phenoxy) is 1. The van der Waals surface area contributed by atoms with E-state index in [-0.39, 0.29) is 9.77 Å². The van der Waals surface area contributed by atoms with Crippen molar-refractivity contribution in [1.82, 2.24) is 0 Å². The van der Waals surface area contributed by atoms with E-state index >= 15 is 0 Å². The molecule has 0 radical (unpaired) electrons. The summed E-state index contributed by atoms with van der Waals surface area (Å²) in [6, 6.07) is 8.53. The predicted molar refractivity (Wildman–Crippen MR) is 82.3 cm³/mol. The Morgan fingerprint density at radius 2 is 2.10 bits per heavy atom. The minimum atomic E-state index is -3.82. The van der Waals surface area contributed by atoms with Crippen molar-refractivity contribution in [1.29, 1.82) is 0 Å². The Bertz CT molecular complexity index is 750. The van der Waals surface area contributed by atoms with E-state index in [2.05, 4.69) is 9.46 Å². The van der Waals surface area contributed by atoms with Gasteiger partial charge < -0.3 is 4.74 Å². The van der Waals surface area contributed by atoms with Crippen LogP contribution in [0, 0.1) is 0 Å². The molecule has 0 aliphatic rings. The van der Waals surface area contributed by atoms with Crippen LogP contribution < -0.4 is 4.72 Å². The van der Waals surface area contributed by atoms with Gasteiger partial charge in [0.2, 0.25) is 0 Å². The van der Waals surface area contributed by atoms with Gasteiger partial charge in [-0.2, -0.15) is 0 Å². The normalized spacial score (nSPS) is 11.1. The monoisotopic (exact) mass is 325 g/mol. The molecule has 2 aromatic rings. The third-order valence-corrected chi connectivity index (χ3v) is 5.32. The Labute approximate surface area is 127 Å². The summed E-state index contributed by atoms with van der Waals surface area (Å²) >= 11 is 1.03. The maximum atomic E-state index is 12.4. The molecular formula is C14H15NO4S2. The number of carbonyl (C=O) groups is 1. The number of nitrogens with one attached hydrogen (secondary N) is 1. The van der Waals surface area contributed by atoms with Gasteiger partial charge in [-0.25, -0.2) is 13.2 Å². The lowest BCUT2D eigenvalue weighted by atomic mass is 10.1. The number of methoxy groups -OCH3 is 1. The van der Waals surface area contributed by atoms with Crippen LogP contribution in [0.15, 0.2) is 40.6 Å². The molecule has 0 bridgehead atoms. The molecular weight excluding hydrogens is 310 g/mol.